The molecule has 0 amide bonds. The highest BCUT2D eigenvalue weighted by atomic mass is 15.6. The molecule has 1 aromatic heterocycles. The van der Waals surface area contributed by atoms with Crippen LogP contribution in [0.3, 0.4) is 0 Å². The molecule has 1 saturated heterocycles. The van der Waals surface area contributed by atoms with E-state index in [1.807, 2.05) is 6.08 Å². The summed E-state index contributed by atoms with van der Waals surface area (Å²) in [5.41, 5.74) is 0. The molecule has 6 nitrogen and oxygen atoms in total. The normalized spacial score (nSPS) is 27.0. The maximum atomic E-state index is 4.50. The zero-order valence-corrected chi connectivity index (χ0v) is 15.2. The second-order valence-corrected chi connectivity index (χ2v) is 7.52. The molecule has 1 atom stereocenters. The van der Waals surface area contributed by atoms with Gasteiger partial charge in [-0.1, -0.05) is 39.2 Å². The predicted molar refractivity (Wildman–Crippen MR) is 94.0 cm³/mol. The number of hydrogen-bond acceptors (Lipinski definition) is 3. The number of piperazine rings is 1. The predicted octanol–water partition coefficient (Wildman–Crippen LogP) is -0.0111. The smallest absolute Gasteiger partial charge is 0.209 e. The maximum absolute atomic E-state index is 4.50. The van der Waals surface area contributed by atoms with Crippen molar-refractivity contribution < 1.29 is 9.80 Å². The van der Waals surface area contributed by atoms with Gasteiger partial charge in [0.1, 0.15) is 32.2 Å². The summed E-state index contributed by atoms with van der Waals surface area (Å²) in [6.45, 7) is 12.1. The number of nitrogens with one attached hydrogen (secondary N) is 2. The van der Waals surface area contributed by atoms with Crippen LogP contribution in [0.4, 0.5) is 0 Å². The van der Waals surface area contributed by atoms with Gasteiger partial charge >= 0.3 is 0 Å². The molecule has 2 N–H and O–H groups in total. The minimum Gasteiger partial charge on any atom is -0.322 e. The average molecular weight is 335 g/mol. The van der Waals surface area contributed by atoms with E-state index in [0.717, 1.165) is 12.4 Å². The van der Waals surface area contributed by atoms with Gasteiger partial charge in [-0.25, -0.2) is 4.68 Å². The summed E-state index contributed by atoms with van der Waals surface area (Å²) in [5, 5.41) is 13.0. The minimum absolute atomic E-state index is 0.456. The molecule has 0 bridgehead atoms. The fourth-order valence-electron chi connectivity index (χ4n) is 4.50. The van der Waals surface area contributed by atoms with Gasteiger partial charge in [-0.15, -0.1) is 5.10 Å². The van der Waals surface area contributed by atoms with Crippen molar-refractivity contribution >= 4 is 0 Å². The molecule has 2 heterocycles. The van der Waals surface area contributed by atoms with E-state index in [1.54, 1.807) is 9.80 Å². The Labute approximate surface area is 145 Å². The molecule has 2 aliphatic rings. The molecule has 1 aliphatic carbocycles. The molecule has 24 heavy (non-hydrogen) atoms. The van der Waals surface area contributed by atoms with Gasteiger partial charge < -0.3 is 9.80 Å². The van der Waals surface area contributed by atoms with Crippen molar-refractivity contribution in [1.29, 1.82) is 0 Å². The van der Waals surface area contributed by atoms with Crippen molar-refractivity contribution in [3.05, 3.63) is 18.5 Å². The average Bonchev–Trinajstić information content (AvgIpc) is 3.11. The lowest BCUT2D eigenvalue weighted by molar-refractivity contribution is -1.03. The minimum atomic E-state index is 0.456. The molecule has 3 rings (SSSR count). The number of nitrogens with zero attached hydrogens (tertiary/aromatic N) is 4. The summed E-state index contributed by atoms with van der Waals surface area (Å²) in [6.07, 6.45) is 10.9. The SMILES string of the molecule is C=CC[NH+]1CC[NH+]([C@H](CCC)c2nnnn2C2CCCCC2)CC1. The van der Waals surface area contributed by atoms with Crippen LogP contribution in [0, 0.1) is 0 Å². The Morgan fingerprint density at radius 3 is 2.62 bits per heavy atom. The second-order valence-electron chi connectivity index (χ2n) is 7.52. The summed E-state index contributed by atoms with van der Waals surface area (Å²) >= 11 is 0. The summed E-state index contributed by atoms with van der Waals surface area (Å²) < 4.78 is 2.19. The Kier molecular flexibility index (Phi) is 6.37. The highest BCUT2D eigenvalue weighted by Gasteiger charge is 2.34. The van der Waals surface area contributed by atoms with Crippen LogP contribution < -0.4 is 9.80 Å². The first kappa shape index (κ1) is 17.5. The van der Waals surface area contributed by atoms with Crippen LogP contribution in [0.1, 0.15) is 69.8 Å². The Balaban J connectivity index is 1.72. The maximum Gasteiger partial charge on any atom is 0.209 e. The zero-order chi connectivity index (χ0) is 16.8. The van der Waals surface area contributed by atoms with E-state index in [4.69, 9.17) is 0 Å². The summed E-state index contributed by atoms with van der Waals surface area (Å²) in [7, 11) is 0. The van der Waals surface area contributed by atoms with E-state index >= 15 is 0 Å². The first-order valence-electron chi connectivity index (χ1n) is 9.90. The lowest BCUT2D eigenvalue weighted by Crippen LogP contribution is -3.28. The van der Waals surface area contributed by atoms with Gasteiger partial charge in [0.15, 0.2) is 0 Å². The largest absolute Gasteiger partial charge is 0.322 e. The van der Waals surface area contributed by atoms with E-state index < -0.39 is 0 Å². The van der Waals surface area contributed by atoms with Gasteiger partial charge in [0.25, 0.3) is 0 Å². The molecule has 134 valence electrons. The van der Waals surface area contributed by atoms with Crippen LogP contribution in [0.5, 0.6) is 0 Å². The Morgan fingerprint density at radius 1 is 1.21 bits per heavy atom. The van der Waals surface area contributed by atoms with E-state index in [1.165, 1.54) is 71.1 Å². The van der Waals surface area contributed by atoms with Crippen LogP contribution in [0.2, 0.25) is 0 Å². The Bertz CT molecular complexity index is 499. The van der Waals surface area contributed by atoms with Crippen molar-refractivity contribution in [2.45, 2.75) is 64.0 Å². The van der Waals surface area contributed by atoms with Gasteiger partial charge in [-0.05, 0) is 29.3 Å². The quantitative estimate of drug-likeness (QED) is 0.690. The molecule has 2 fully saturated rings. The van der Waals surface area contributed by atoms with E-state index in [0.29, 0.717) is 12.1 Å². The van der Waals surface area contributed by atoms with Crippen molar-refractivity contribution in [1.82, 2.24) is 20.2 Å². The fourth-order valence-corrected chi connectivity index (χ4v) is 4.50. The highest BCUT2D eigenvalue weighted by molar-refractivity contribution is 4.91. The fraction of sp³-hybridized carbons (Fsp3) is 0.833. The third-order valence-corrected chi connectivity index (χ3v) is 5.85. The van der Waals surface area contributed by atoms with Gasteiger partial charge in [0, 0.05) is 6.42 Å². The van der Waals surface area contributed by atoms with E-state index in [-0.39, 0.29) is 0 Å². The van der Waals surface area contributed by atoms with Gasteiger partial charge in [0.2, 0.25) is 5.82 Å². The summed E-state index contributed by atoms with van der Waals surface area (Å²) in [5.74, 6) is 1.14. The van der Waals surface area contributed by atoms with Crippen molar-refractivity contribution in [2.24, 2.45) is 0 Å². The van der Waals surface area contributed by atoms with Gasteiger partial charge in [0.05, 0.1) is 12.6 Å². The lowest BCUT2D eigenvalue weighted by atomic mass is 9.95. The molecule has 0 radical (unpaired) electrons. The van der Waals surface area contributed by atoms with E-state index in [2.05, 4.69) is 33.7 Å². The third kappa shape index (κ3) is 4.03. The molecular weight excluding hydrogens is 300 g/mol. The van der Waals surface area contributed by atoms with Gasteiger partial charge in [-0.2, -0.15) is 0 Å². The molecule has 1 aliphatic heterocycles. The van der Waals surface area contributed by atoms with Crippen LogP contribution in [0.15, 0.2) is 12.7 Å². The van der Waals surface area contributed by atoms with Crippen LogP contribution >= 0.6 is 0 Å². The van der Waals surface area contributed by atoms with Crippen LogP contribution in [0.25, 0.3) is 0 Å². The first-order valence-corrected chi connectivity index (χ1v) is 9.90. The third-order valence-electron chi connectivity index (χ3n) is 5.85. The molecular formula is C18H34N6+2. The molecule has 0 unspecified atom stereocenters. The molecule has 1 saturated carbocycles. The second kappa shape index (κ2) is 8.72. The zero-order valence-electron chi connectivity index (χ0n) is 15.2. The van der Waals surface area contributed by atoms with Crippen molar-refractivity contribution in [3.8, 4) is 0 Å². The summed E-state index contributed by atoms with van der Waals surface area (Å²) in [6, 6.07) is 0.979. The number of tetrazole rings is 1. The first-order chi connectivity index (χ1) is 11.8. The van der Waals surface area contributed by atoms with Crippen LogP contribution in [-0.4, -0.2) is 52.9 Å². The topological polar surface area (TPSA) is 52.5 Å². The number of aromatic nitrogens is 4. The van der Waals surface area contributed by atoms with Crippen molar-refractivity contribution in [2.75, 3.05) is 32.7 Å². The molecule has 1 aromatic rings. The number of rotatable bonds is 7. The molecule has 0 spiro atoms. The van der Waals surface area contributed by atoms with Crippen LogP contribution in [-0.2, 0) is 0 Å². The molecule has 6 heteroatoms. The van der Waals surface area contributed by atoms with Gasteiger partial charge in [-0.3, -0.25) is 0 Å². The monoisotopic (exact) mass is 334 g/mol. The number of hydrogen-bond donors (Lipinski definition) is 2. The van der Waals surface area contributed by atoms with E-state index in [9.17, 15) is 0 Å². The number of quaternary nitrogens is 2. The Morgan fingerprint density at radius 2 is 1.96 bits per heavy atom. The lowest BCUT2D eigenvalue weighted by Gasteiger charge is -2.34. The van der Waals surface area contributed by atoms with Crippen molar-refractivity contribution in [3.63, 3.8) is 0 Å². The standard InChI is InChI=1S/C18H32N6/c1-3-8-17(23-14-12-22(11-4-2)13-15-23)18-19-20-21-24(18)16-9-6-5-7-10-16/h4,16-17H,2-3,5-15H2,1H3/p+2/t17-/m1/s1. The Hall–Kier alpha value is -1.27. The summed E-state index contributed by atoms with van der Waals surface area (Å²) in [4.78, 5) is 3.34. The molecule has 0 aromatic carbocycles. The highest BCUT2D eigenvalue weighted by Crippen LogP contribution is 2.29.